The molecule has 0 bridgehead atoms. The molecule has 4 heteroatoms. The van der Waals surface area contributed by atoms with Crippen LogP contribution in [0.3, 0.4) is 0 Å². The molecule has 1 aromatic carbocycles. The van der Waals surface area contributed by atoms with Crippen LogP contribution in [0, 0.1) is 6.92 Å². The number of methoxy groups -OCH3 is 1. The second-order valence-corrected chi connectivity index (χ2v) is 5.91. The van der Waals surface area contributed by atoms with E-state index in [2.05, 4.69) is 9.80 Å². The van der Waals surface area contributed by atoms with Crippen LogP contribution in [0.2, 0.25) is 0 Å². The number of carbonyl (C=O) groups excluding carboxylic acids is 1. The van der Waals surface area contributed by atoms with Crippen molar-refractivity contribution in [3.05, 3.63) is 29.3 Å². The highest BCUT2D eigenvalue weighted by Crippen LogP contribution is 2.20. The van der Waals surface area contributed by atoms with Crippen LogP contribution in [-0.2, 0) is 0 Å². The maximum absolute atomic E-state index is 12.4. The Morgan fingerprint density at radius 1 is 1.33 bits per heavy atom. The highest BCUT2D eigenvalue weighted by atomic mass is 16.5. The van der Waals surface area contributed by atoms with Gasteiger partial charge in [-0.05, 0) is 57.6 Å². The molecular weight excluding hydrogens is 264 g/mol. The largest absolute Gasteiger partial charge is 0.496 e. The standard InChI is InChI=1S/C17H26N2O2/c1-14-6-7-15(17(12-14)21-3)16(20)13-18(2)10-11-19-8-4-5-9-19/h6-7,12H,4-5,8-11,13H2,1-3H3. The molecule has 0 spiro atoms. The number of ketones is 1. The van der Waals surface area contributed by atoms with E-state index in [1.165, 1.54) is 25.9 Å². The van der Waals surface area contributed by atoms with E-state index in [1.807, 2.05) is 32.2 Å². The number of hydrogen-bond donors (Lipinski definition) is 0. The molecule has 0 radical (unpaired) electrons. The number of aryl methyl sites for hydroxylation is 1. The molecule has 1 aromatic rings. The van der Waals surface area contributed by atoms with Gasteiger partial charge in [0.1, 0.15) is 5.75 Å². The zero-order valence-corrected chi connectivity index (χ0v) is 13.4. The van der Waals surface area contributed by atoms with E-state index in [-0.39, 0.29) is 5.78 Å². The molecule has 1 aliphatic rings. The second kappa shape index (κ2) is 7.57. The minimum absolute atomic E-state index is 0.121. The normalized spacial score (nSPS) is 15.6. The first-order valence-corrected chi connectivity index (χ1v) is 7.69. The van der Waals surface area contributed by atoms with Crippen LogP contribution in [-0.4, -0.2) is 62.5 Å². The van der Waals surface area contributed by atoms with Crippen molar-refractivity contribution >= 4 is 5.78 Å². The van der Waals surface area contributed by atoms with Crippen LogP contribution in [0.4, 0.5) is 0 Å². The molecule has 1 heterocycles. The number of nitrogens with zero attached hydrogens (tertiary/aromatic N) is 2. The molecule has 1 aliphatic heterocycles. The van der Waals surface area contributed by atoms with Crippen molar-refractivity contribution < 1.29 is 9.53 Å². The van der Waals surface area contributed by atoms with Crippen LogP contribution in [0.15, 0.2) is 18.2 Å². The summed E-state index contributed by atoms with van der Waals surface area (Å²) in [5, 5.41) is 0. The maximum atomic E-state index is 12.4. The molecule has 0 N–H and O–H groups in total. The lowest BCUT2D eigenvalue weighted by Gasteiger charge is -2.21. The summed E-state index contributed by atoms with van der Waals surface area (Å²) in [6.07, 6.45) is 2.62. The lowest BCUT2D eigenvalue weighted by Crippen LogP contribution is -2.34. The van der Waals surface area contributed by atoms with Gasteiger partial charge in [0.2, 0.25) is 0 Å². The number of ether oxygens (including phenoxy) is 1. The Labute approximate surface area is 127 Å². The van der Waals surface area contributed by atoms with E-state index in [1.54, 1.807) is 7.11 Å². The second-order valence-electron chi connectivity index (χ2n) is 5.91. The summed E-state index contributed by atoms with van der Waals surface area (Å²) < 4.78 is 5.32. The minimum atomic E-state index is 0.121. The smallest absolute Gasteiger partial charge is 0.180 e. The molecule has 116 valence electrons. The van der Waals surface area contributed by atoms with Gasteiger partial charge in [-0.2, -0.15) is 0 Å². The summed E-state index contributed by atoms with van der Waals surface area (Å²) in [7, 11) is 3.62. The Hall–Kier alpha value is -1.39. The number of Topliss-reactive ketones (excluding diaryl/α,β-unsaturated/α-hetero) is 1. The Bertz CT molecular complexity index is 482. The van der Waals surface area contributed by atoms with Gasteiger partial charge in [-0.25, -0.2) is 0 Å². The van der Waals surface area contributed by atoms with Crippen LogP contribution in [0.25, 0.3) is 0 Å². The van der Waals surface area contributed by atoms with E-state index in [4.69, 9.17) is 4.74 Å². The summed E-state index contributed by atoms with van der Waals surface area (Å²) in [4.78, 5) is 17.0. The van der Waals surface area contributed by atoms with Crippen molar-refractivity contribution in [2.45, 2.75) is 19.8 Å². The molecule has 1 saturated heterocycles. The van der Waals surface area contributed by atoms with Crippen molar-refractivity contribution in [2.24, 2.45) is 0 Å². The van der Waals surface area contributed by atoms with Crippen LogP contribution in [0.1, 0.15) is 28.8 Å². The molecule has 0 unspecified atom stereocenters. The number of carbonyl (C=O) groups is 1. The van der Waals surface area contributed by atoms with E-state index in [0.29, 0.717) is 17.9 Å². The molecule has 0 aromatic heterocycles. The van der Waals surface area contributed by atoms with Crippen molar-refractivity contribution in [2.75, 3.05) is 46.9 Å². The van der Waals surface area contributed by atoms with Crippen LogP contribution >= 0.6 is 0 Å². The van der Waals surface area contributed by atoms with Crippen LogP contribution in [0.5, 0.6) is 5.75 Å². The van der Waals surface area contributed by atoms with E-state index in [9.17, 15) is 4.79 Å². The summed E-state index contributed by atoms with van der Waals surface area (Å²) in [6.45, 7) is 6.82. The third-order valence-corrected chi connectivity index (χ3v) is 4.07. The lowest BCUT2D eigenvalue weighted by molar-refractivity contribution is 0.0938. The molecule has 0 aliphatic carbocycles. The lowest BCUT2D eigenvalue weighted by atomic mass is 10.1. The summed E-state index contributed by atoms with van der Waals surface area (Å²) >= 11 is 0. The Morgan fingerprint density at radius 2 is 2.05 bits per heavy atom. The molecule has 0 saturated carbocycles. The number of likely N-dealkylation sites (N-methyl/N-ethyl adjacent to an activating group) is 1. The fourth-order valence-electron chi connectivity index (χ4n) is 2.76. The van der Waals surface area contributed by atoms with Crippen molar-refractivity contribution in [1.82, 2.24) is 9.80 Å². The van der Waals surface area contributed by atoms with Gasteiger partial charge in [0.05, 0.1) is 19.2 Å². The van der Waals surface area contributed by atoms with Gasteiger partial charge < -0.3 is 9.64 Å². The van der Waals surface area contributed by atoms with Gasteiger partial charge in [0.25, 0.3) is 0 Å². The highest BCUT2D eigenvalue weighted by Gasteiger charge is 2.16. The minimum Gasteiger partial charge on any atom is -0.496 e. The monoisotopic (exact) mass is 290 g/mol. The molecule has 21 heavy (non-hydrogen) atoms. The van der Waals surface area contributed by atoms with Gasteiger partial charge in [0.15, 0.2) is 5.78 Å². The first-order valence-electron chi connectivity index (χ1n) is 7.69. The van der Waals surface area contributed by atoms with Gasteiger partial charge in [-0.3, -0.25) is 9.69 Å². The molecular formula is C17H26N2O2. The average Bonchev–Trinajstić information content (AvgIpc) is 2.98. The molecule has 0 atom stereocenters. The molecule has 4 nitrogen and oxygen atoms in total. The quantitative estimate of drug-likeness (QED) is 0.721. The Morgan fingerprint density at radius 3 is 2.71 bits per heavy atom. The number of likely N-dealkylation sites (tertiary alicyclic amines) is 1. The van der Waals surface area contributed by atoms with Crippen LogP contribution < -0.4 is 4.74 Å². The number of benzene rings is 1. The SMILES string of the molecule is COc1cc(C)ccc1C(=O)CN(C)CCN1CCCC1. The number of hydrogen-bond acceptors (Lipinski definition) is 4. The summed E-state index contributed by atoms with van der Waals surface area (Å²) in [5.74, 6) is 0.795. The third kappa shape index (κ3) is 4.55. The zero-order chi connectivity index (χ0) is 15.2. The maximum Gasteiger partial charge on any atom is 0.180 e. The third-order valence-electron chi connectivity index (χ3n) is 4.07. The topological polar surface area (TPSA) is 32.8 Å². The van der Waals surface area contributed by atoms with E-state index in [0.717, 1.165) is 18.7 Å². The average molecular weight is 290 g/mol. The fraction of sp³-hybridized carbons (Fsp3) is 0.588. The van der Waals surface area contributed by atoms with Crippen molar-refractivity contribution in [1.29, 1.82) is 0 Å². The van der Waals surface area contributed by atoms with Crippen molar-refractivity contribution in [3.63, 3.8) is 0 Å². The predicted octanol–water partition coefficient (Wildman–Crippen LogP) is 2.21. The molecule has 1 fully saturated rings. The van der Waals surface area contributed by atoms with E-state index < -0.39 is 0 Å². The first-order chi connectivity index (χ1) is 10.1. The predicted molar refractivity (Wildman–Crippen MR) is 85.2 cm³/mol. The van der Waals surface area contributed by atoms with Gasteiger partial charge >= 0.3 is 0 Å². The van der Waals surface area contributed by atoms with Gasteiger partial charge in [-0.1, -0.05) is 6.07 Å². The Balaban J connectivity index is 1.88. The van der Waals surface area contributed by atoms with Crippen molar-refractivity contribution in [3.8, 4) is 5.75 Å². The fourth-order valence-corrected chi connectivity index (χ4v) is 2.76. The van der Waals surface area contributed by atoms with Gasteiger partial charge in [0, 0.05) is 13.1 Å². The zero-order valence-electron chi connectivity index (χ0n) is 13.4. The first kappa shape index (κ1) is 16.0. The number of rotatable bonds is 7. The molecule has 0 amide bonds. The van der Waals surface area contributed by atoms with E-state index >= 15 is 0 Å². The highest BCUT2D eigenvalue weighted by molar-refractivity contribution is 6.00. The summed E-state index contributed by atoms with van der Waals surface area (Å²) in [6, 6.07) is 5.74. The Kier molecular flexibility index (Phi) is 5.76. The molecule has 2 rings (SSSR count). The van der Waals surface area contributed by atoms with Gasteiger partial charge in [-0.15, -0.1) is 0 Å². The summed E-state index contributed by atoms with van der Waals surface area (Å²) in [5.41, 5.74) is 1.78.